The third-order valence-electron chi connectivity index (χ3n) is 5.00. The molecule has 0 spiro atoms. The molecular formula is C19H21BN6O. The third kappa shape index (κ3) is 3.65. The van der Waals surface area contributed by atoms with Crippen LogP contribution < -0.4 is 10.8 Å². The maximum Gasteiger partial charge on any atom is 0.219 e. The number of aromatic nitrogens is 4. The standard InChI is InChI=1S/C19H21BN6O/c1-13(27)25-7-3-5-15(12-25)17-8-18(22-10-14-4-2-6-21-9-14)26-19(24-17)16(20)11-23-26/h2,4,6,8-9,11,15,22H,3,5,7,10,12H2,1H3. The fourth-order valence-corrected chi connectivity index (χ4v) is 3.53. The molecule has 0 bridgehead atoms. The summed E-state index contributed by atoms with van der Waals surface area (Å²) in [4.78, 5) is 22.6. The van der Waals surface area contributed by atoms with E-state index in [1.807, 2.05) is 29.3 Å². The molecule has 4 rings (SSSR count). The van der Waals surface area contributed by atoms with E-state index in [1.54, 1.807) is 23.8 Å². The van der Waals surface area contributed by atoms with Gasteiger partial charge in [-0.25, -0.2) is 4.98 Å². The first-order valence-corrected chi connectivity index (χ1v) is 9.14. The van der Waals surface area contributed by atoms with Crippen LogP contribution in [0.4, 0.5) is 5.82 Å². The molecule has 2 radical (unpaired) electrons. The van der Waals surface area contributed by atoms with Crippen molar-refractivity contribution in [2.24, 2.45) is 0 Å². The van der Waals surface area contributed by atoms with E-state index in [9.17, 15) is 4.79 Å². The molecule has 0 saturated carbocycles. The van der Waals surface area contributed by atoms with E-state index >= 15 is 0 Å². The summed E-state index contributed by atoms with van der Waals surface area (Å²) < 4.78 is 1.72. The Kier molecular flexibility index (Phi) is 4.79. The van der Waals surface area contributed by atoms with Gasteiger partial charge in [-0.15, -0.1) is 0 Å². The highest BCUT2D eigenvalue weighted by Gasteiger charge is 2.25. The highest BCUT2D eigenvalue weighted by atomic mass is 16.2. The largest absolute Gasteiger partial charge is 0.366 e. The Morgan fingerprint density at radius 3 is 3.07 bits per heavy atom. The van der Waals surface area contributed by atoms with Crippen molar-refractivity contribution in [2.75, 3.05) is 18.4 Å². The van der Waals surface area contributed by atoms with E-state index in [0.717, 1.165) is 36.5 Å². The third-order valence-corrected chi connectivity index (χ3v) is 5.00. The van der Waals surface area contributed by atoms with Crippen LogP contribution in [0.15, 0.2) is 36.8 Å². The SMILES string of the molecule is [B]c1cnn2c(NCc3cccnc3)cc(C3CCCN(C(C)=O)C3)nc12. The van der Waals surface area contributed by atoms with Crippen molar-refractivity contribution in [3.05, 3.63) is 48.0 Å². The van der Waals surface area contributed by atoms with Crippen LogP contribution in [-0.4, -0.2) is 51.3 Å². The number of fused-ring (bicyclic) bond motifs is 1. The van der Waals surface area contributed by atoms with Gasteiger partial charge < -0.3 is 10.2 Å². The van der Waals surface area contributed by atoms with Crippen molar-refractivity contribution < 1.29 is 4.79 Å². The van der Waals surface area contributed by atoms with Crippen LogP contribution in [0.3, 0.4) is 0 Å². The lowest BCUT2D eigenvalue weighted by Crippen LogP contribution is -2.38. The van der Waals surface area contributed by atoms with E-state index in [0.29, 0.717) is 24.2 Å². The minimum absolute atomic E-state index is 0.111. The molecule has 8 heteroatoms. The van der Waals surface area contributed by atoms with Gasteiger partial charge in [0.2, 0.25) is 5.91 Å². The Balaban J connectivity index is 1.65. The number of pyridine rings is 1. The number of carbonyl (C=O) groups excluding carboxylic acids is 1. The van der Waals surface area contributed by atoms with Gasteiger partial charge in [0.05, 0.1) is 5.69 Å². The molecule has 136 valence electrons. The average molecular weight is 360 g/mol. The molecule has 1 aliphatic heterocycles. The van der Waals surface area contributed by atoms with Gasteiger partial charge in [0, 0.05) is 57.1 Å². The van der Waals surface area contributed by atoms with Crippen molar-refractivity contribution in [3.63, 3.8) is 0 Å². The molecule has 1 fully saturated rings. The number of nitrogens with zero attached hydrogens (tertiary/aromatic N) is 5. The highest BCUT2D eigenvalue weighted by molar-refractivity contribution is 6.36. The number of piperidine rings is 1. The molecule has 3 aromatic rings. The fraction of sp³-hybridized carbons (Fsp3) is 0.368. The summed E-state index contributed by atoms with van der Waals surface area (Å²) in [7, 11) is 6.08. The summed E-state index contributed by atoms with van der Waals surface area (Å²) in [6, 6.07) is 5.95. The van der Waals surface area contributed by atoms with Crippen molar-refractivity contribution in [3.8, 4) is 0 Å². The predicted molar refractivity (Wildman–Crippen MR) is 104 cm³/mol. The second-order valence-electron chi connectivity index (χ2n) is 6.92. The number of hydrogen-bond acceptors (Lipinski definition) is 5. The molecule has 0 aliphatic carbocycles. The van der Waals surface area contributed by atoms with E-state index in [1.165, 1.54) is 0 Å². The number of likely N-dealkylation sites (tertiary alicyclic amines) is 1. The second-order valence-corrected chi connectivity index (χ2v) is 6.92. The van der Waals surface area contributed by atoms with Crippen LogP contribution in [0.1, 0.15) is 36.9 Å². The number of rotatable bonds is 4. The number of carbonyl (C=O) groups is 1. The van der Waals surface area contributed by atoms with Crippen molar-refractivity contribution in [1.82, 2.24) is 24.5 Å². The van der Waals surface area contributed by atoms with E-state index in [2.05, 4.69) is 15.4 Å². The Morgan fingerprint density at radius 2 is 2.30 bits per heavy atom. The van der Waals surface area contributed by atoms with Crippen LogP contribution >= 0.6 is 0 Å². The molecule has 1 amide bonds. The highest BCUT2D eigenvalue weighted by Crippen LogP contribution is 2.27. The van der Waals surface area contributed by atoms with Gasteiger partial charge in [-0.3, -0.25) is 9.78 Å². The lowest BCUT2D eigenvalue weighted by Gasteiger charge is -2.32. The maximum atomic E-state index is 11.8. The molecule has 7 nitrogen and oxygen atoms in total. The summed E-state index contributed by atoms with van der Waals surface area (Å²) in [5.41, 5.74) is 3.19. The van der Waals surface area contributed by atoms with Crippen molar-refractivity contribution in [2.45, 2.75) is 32.2 Å². The first-order chi connectivity index (χ1) is 13.1. The van der Waals surface area contributed by atoms with Gasteiger partial charge in [0.25, 0.3) is 0 Å². The first kappa shape index (κ1) is 17.5. The van der Waals surface area contributed by atoms with E-state index < -0.39 is 0 Å². The first-order valence-electron chi connectivity index (χ1n) is 9.14. The molecule has 0 aromatic carbocycles. The van der Waals surface area contributed by atoms with Crippen LogP contribution in [0, 0.1) is 0 Å². The number of hydrogen-bond donors (Lipinski definition) is 1. The van der Waals surface area contributed by atoms with Gasteiger partial charge in [0.15, 0.2) is 5.65 Å². The monoisotopic (exact) mass is 360 g/mol. The summed E-state index contributed by atoms with van der Waals surface area (Å²) in [6.07, 6.45) is 7.18. The average Bonchev–Trinajstić information content (AvgIpc) is 3.08. The lowest BCUT2D eigenvalue weighted by molar-refractivity contribution is -0.130. The van der Waals surface area contributed by atoms with Crippen LogP contribution in [-0.2, 0) is 11.3 Å². The van der Waals surface area contributed by atoms with Gasteiger partial charge in [-0.1, -0.05) is 6.07 Å². The van der Waals surface area contributed by atoms with Gasteiger partial charge >= 0.3 is 0 Å². The molecule has 1 aliphatic rings. The van der Waals surface area contributed by atoms with Crippen LogP contribution in [0.25, 0.3) is 5.65 Å². The lowest BCUT2D eigenvalue weighted by atomic mass is 9.94. The van der Waals surface area contributed by atoms with Gasteiger partial charge in [0.1, 0.15) is 13.7 Å². The predicted octanol–water partition coefficient (Wildman–Crippen LogP) is 1.26. The van der Waals surface area contributed by atoms with Crippen molar-refractivity contribution in [1.29, 1.82) is 0 Å². The fourth-order valence-electron chi connectivity index (χ4n) is 3.53. The quantitative estimate of drug-likeness (QED) is 0.709. The van der Waals surface area contributed by atoms with Gasteiger partial charge in [-0.2, -0.15) is 9.61 Å². The normalized spacial score (nSPS) is 17.2. The molecular weight excluding hydrogens is 339 g/mol. The van der Waals surface area contributed by atoms with Crippen LogP contribution in [0.2, 0.25) is 0 Å². The molecule has 4 heterocycles. The number of amides is 1. The number of nitrogens with one attached hydrogen (secondary N) is 1. The zero-order valence-corrected chi connectivity index (χ0v) is 15.3. The second kappa shape index (κ2) is 7.38. The summed E-state index contributed by atoms with van der Waals surface area (Å²) in [6.45, 7) is 3.74. The van der Waals surface area contributed by atoms with E-state index in [4.69, 9.17) is 12.8 Å². The number of anilines is 1. The summed E-state index contributed by atoms with van der Waals surface area (Å²) in [5.74, 6) is 1.14. The minimum atomic E-state index is 0.111. The summed E-state index contributed by atoms with van der Waals surface area (Å²) >= 11 is 0. The molecule has 1 atom stereocenters. The maximum absolute atomic E-state index is 11.8. The minimum Gasteiger partial charge on any atom is -0.366 e. The van der Waals surface area contributed by atoms with Gasteiger partial charge in [-0.05, 0) is 29.9 Å². The Labute approximate surface area is 159 Å². The molecule has 3 aromatic heterocycles. The molecule has 1 unspecified atom stereocenters. The zero-order valence-electron chi connectivity index (χ0n) is 15.3. The Bertz CT molecular complexity index is 957. The Hall–Kier alpha value is -2.90. The Morgan fingerprint density at radius 1 is 1.41 bits per heavy atom. The zero-order chi connectivity index (χ0) is 18.8. The molecule has 27 heavy (non-hydrogen) atoms. The summed E-state index contributed by atoms with van der Waals surface area (Å²) in [5, 5.41) is 7.76. The molecule has 1 N–H and O–H groups in total. The molecule has 1 saturated heterocycles. The van der Waals surface area contributed by atoms with Crippen LogP contribution in [0.5, 0.6) is 0 Å². The topological polar surface area (TPSA) is 75.4 Å². The van der Waals surface area contributed by atoms with E-state index in [-0.39, 0.29) is 11.8 Å². The van der Waals surface area contributed by atoms with Crippen molar-refractivity contribution >= 4 is 30.7 Å². The smallest absolute Gasteiger partial charge is 0.219 e.